The summed E-state index contributed by atoms with van der Waals surface area (Å²) in [5.41, 5.74) is 6.90. The Bertz CT molecular complexity index is 1360. The molecule has 4 N–H and O–H groups in total. The molecule has 0 bridgehead atoms. The number of hydrogen-bond donors (Lipinski definition) is 3. The summed E-state index contributed by atoms with van der Waals surface area (Å²) in [5.74, 6) is 1.67. The number of nitrogens with two attached hydrogens (primary N) is 1. The van der Waals surface area contributed by atoms with Gasteiger partial charge in [0.15, 0.2) is 0 Å². The molecule has 4 aromatic rings. The Kier molecular flexibility index (Phi) is 8.24. The van der Waals surface area contributed by atoms with Crippen LogP contribution >= 0.6 is 6.91 Å². The molecule has 1 heterocycles. The molecule has 0 saturated heterocycles. The predicted molar refractivity (Wildman–Crippen MR) is 156 cm³/mol. The van der Waals surface area contributed by atoms with E-state index in [2.05, 4.69) is 15.6 Å². The topological polar surface area (TPSA) is 74.7 Å². The van der Waals surface area contributed by atoms with E-state index in [1.807, 2.05) is 134 Å². The van der Waals surface area contributed by atoms with Gasteiger partial charge in [0.1, 0.15) is 0 Å². The number of halogens is 2. The van der Waals surface area contributed by atoms with E-state index in [1.165, 1.54) is 0 Å². The van der Waals surface area contributed by atoms with Crippen molar-refractivity contribution in [3.8, 4) is 5.75 Å². The summed E-state index contributed by atoms with van der Waals surface area (Å²) < 4.78 is 26.8. The SMILES string of the molecule is C[N+](C)=C1NC(N)=NC(c2ccc(OCP(F)(c3ccccc3)(c3ccccc3)c3ccccc3)cc2)N1.[Cl-]. The molecule has 0 aromatic heterocycles. The van der Waals surface area contributed by atoms with Crippen LogP contribution < -0.4 is 49.4 Å². The van der Waals surface area contributed by atoms with Crippen molar-refractivity contribution >= 4 is 34.7 Å². The standard InChI is InChI=1S/C30H31FN5OP.ClH/c1-36(2)30-34-28(33-29(32)35-30)23-18-20-24(21-19-23)37-22-38(31,25-12-6-3-7-13-25,26-14-8-4-9-15-26)27-16-10-5-11-17-27;/h3-21,28H,22H2,1-2H3,(H3,32,33,34,35);1H. The Labute approximate surface area is 234 Å². The molecule has 5 rings (SSSR count). The Hall–Kier alpha value is -3.93. The van der Waals surface area contributed by atoms with Crippen molar-refractivity contribution in [3.63, 3.8) is 0 Å². The van der Waals surface area contributed by atoms with E-state index in [1.54, 1.807) is 0 Å². The van der Waals surface area contributed by atoms with Gasteiger partial charge in [-0.2, -0.15) is 0 Å². The molecule has 1 unspecified atom stereocenters. The first-order chi connectivity index (χ1) is 18.4. The summed E-state index contributed by atoms with van der Waals surface area (Å²) in [4.78, 5) is 4.46. The smallest absolute Gasteiger partial charge is 1.00 e. The van der Waals surface area contributed by atoms with Gasteiger partial charge in [0.25, 0.3) is 0 Å². The first kappa shape index (κ1) is 28.1. The summed E-state index contributed by atoms with van der Waals surface area (Å²) in [6.07, 6.45) is -0.473. The summed E-state index contributed by atoms with van der Waals surface area (Å²) >= 11 is 0. The van der Waals surface area contributed by atoms with E-state index in [0.29, 0.717) is 27.6 Å². The van der Waals surface area contributed by atoms with Crippen LogP contribution in [0.15, 0.2) is 120 Å². The van der Waals surface area contributed by atoms with E-state index >= 15 is 4.20 Å². The second-order valence-electron chi connectivity index (χ2n) is 9.46. The fraction of sp³-hybridized carbons (Fsp3) is 0.133. The van der Waals surface area contributed by atoms with Gasteiger partial charge in [0, 0.05) is 0 Å². The average molecular weight is 564 g/mol. The van der Waals surface area contributed by atoms with Gasteiger partial charge < -0.3 is 12.4 Å². The number of benzene rings is 4. The van der Waals surface area contributed by atoms with Crippen LogP contribution in [0, 0.1) is 0 Å². The number of aliphatic imine (C=N–C) groups is 1. The predicted octanol–water partition coefficient (Wildman–Crippen LogP) is 0.575. The third kappa shape index (κ3) is 5.33. The van der Waals surface area contributed by atoms with Crippen LogP contribution in [0.5, 0.6) is 5.75 Å². The van der Waals surface area contributed by atoms with E-state index < -0.39 is 6.91 Å². The molecule has 0 saturated carbocycles. The summed E-state index contributed by atoms with van der Waals surface area (Å²) in [6.45, 7) is -4.49. The number of hydrogen-bond acceptors (Lipinski definition) is 3. The molecule has 1 aliphatic heterocycles. The average Bonchev–Trinajstić information content (AvgIpc) is 2.97. The van der Waals surface area contributed by atoms with Gasteiger partial charge in [-0.05, 0) is 0 Å². The van der Waals surface area contributed by atoms with E-state index in [0.717, 1.165) is 11.5 Å². The van der Waals surface area contributed by atoms with Crippen LogP contribution in [0.4, 0.5) is 4.20 Å². The maximum atomic E-state index is 18.5. The number of nitrogens with zero attached hydrogens (tertiary/aromatic N) is 2. The molecule has 1 aliphatic rings. The zero-order valence-corrected chi connectivity index (χ0v) is 23.5. The molecule has 4 aromatic carbocycles. The number of guanidine groups is 2. The van der Waals surface area contributed by atoms with Gasteiger partial charge in [-0.15, -0.1) is 0 Å². The van der Waals surface area contributed by atoms with Crippen LogP contribution in [-0.2, 0) is 0 Å². The van der Waals surface area contributed by atoms with Crippen LogP contribution in [0.3, 0.4) is 0 Å². The van der Waals surface area contributed by atoms with Gasteiger partial charge >= 0.3 is 223 Å². The van der Waals surface area contributed by atoms with E-state index in [4.69, 9.17) is 10.5 Å². The van der Waals surface area contributed by atoms with Crippen molar-refractivity contribution in [1.29, 1.82) is 0 Å². The van der Waals surface area contributed by atoms with Gasteiger partial charge in [-0.1, -0.05) is 0 Å². The van der Waals surface area contributed by atoms with E-state index in [9.17, 15) is 0 Å². The van der Waals surface area contributed by atoms with Gasteiger partial charge in [-0.3, -0.25) is 0 Å². The summed E-state index contributed by atoms with van der Waals surface area (Å²) in [6, 6.07) is 35.8. The quantitative estimate of drug-likeness (QED) is 0.227. The Morgan fingerprint density at radius 3 is 1.69 bits per heavy atom. The van der Waals surface area contributed by atoms with Gasteiger partial charge in [0.05, 0.1) is 0 Å². The fourth-order valence-electron chi connectivity index (χ4n) is 4.72. The van der Waals surface area contributed by atoms with Crippen molar-refractivity contribution in [2.45, 2.75) is 6.17 Å². The Morgan fingerprint density at radius 1 is 0.795 bits per heavy atom. The molecule has 0 spiro atoms. The molecule has 1 atom stereocenters. The number of nitrogens with one attached hydrogen (secondary N) is 2. The molecule has 0 fully saturated rings. The van der Waals surface area contributed by atoms with E-state index in [-0.39, 0.29) is 24.9 Å². The third-order valence-electron chi connectivity index (χ3n) is 6.79. The molecule has 0 radical (unpaired) electrons. The second-order valence-corrected chi connectivity index (χ2v) is 13.6. The van der Waals surface area contributed by atoms with Crippen LogP contribution in [0.2, 0.25) is 0 Å². The Morgan fingerprint density at radius 2 is 1.26 bits per heavy atom. The first-order valence-electron chi connectivity index (χ1n) is 12.4. The van der Waals surface area contributed by atoms with Crippen LogP contribution in [0.1, 0.15) is 11.7 Å². The molecule has 39 heavy (non-hydrogen) atoms. The first-order valence-corrected chi connectivity index (χ1v) is 14.7. The molecule has 9 heteroatoms. The van der Waals surface area contributed by atoms with Crippen molar-refractivity contribution in [2.24, 2.45) is 10.7 Å². The molecular formula is C30H32ClFN5OP. The molecule has 0 amide bonds. The zero-order chi connectivity index (χ0) is 26.6. The van der Waals surface area contributed by atoms with Crippen molar-refractivity contribution in [2.75, 3.05) is 20.4 Å². The molecule has 202 valence electrons. The minimum atomic E-state index is -4.49. The number of rotatable bonds is 7. The normalized spacial score (nSPS) is 15.9. The van der Waals surface area contributed by atoms with Crippen LogP contribution in [0.25, 0.3) is 0 Å². The summed E-state index contributed by atoms with van der Waals surface area (Å²) in [5, 5.41) is 8.21. The molecular weight excluding hydrogens is 532 g/mol. The minimum Gasteiger partial charge on any atom is -1.00 e. The third-order valence-corrected chi connectivity index (χ3v) is 11.5. The van der Waals surface area contributed by atoms with Gasteiger partial charge in [0.2, 0.25) is 0 Å². The van der Waals surface area contributed by atoms with Crippen molar-refractivity contribution in [1.82, 2.24) is 10.6 Å². The fourth-order valence-corrected chi connectivity index (χ4v) is 8.83. The second kappa shape index (κ2) is 11.4. The maximum absolute atomic E-state index is 18.5. The monoisotopic (exact) mass is 563 g/mol. The van der Waals surface area contributed by atoms with Crippen molar-refractivity contribution in [3.05, 3.63) is 121 Å². The minimum absolute atomic E-state index is 0. The summed E-state index contributed by atoms with van der Waals surface area (Å²) in [7, 11) is 3.83. The molecule has 0 aliphatic carbocycles. The van der Waals surface area contributed by atoms with Gasteiger partial charge in [-0.25, -0.2) is 0 Å². The molecule has 6 nitrogen and oxygen atoms in total. The largest absolute Gasteiger partial charge is 1.00 e. The zero-order valence-electron chi connectivity index (χ0n) is 21.8. The maximum Gasteiger partial charge on any atom is -1.00 e. The Balaban J connectivity index is 0.00000353. The number of ether oxygens (including phenoxy) is 1. The van der Waals surface area contributed by atoms with Crippen LogP contribution in [-0.4, -0.2) is 36.9 Å². The van der Waals surface area contributed by atoms with Crippen molar-refractivity contribution < 1.29 is 25.9 Å².